The number of nitrogens with one attached hydrogen (secondary N) is 1. The summed E-state index contributed by atoms with van der Waals surface area (Å²) in [4.78, 5) is 4.47. The zero-order valence-corrected chi connectivity index (χ0v) is 11.0. The highest BCUT2D eigenvalue weighted by Gasteiger charge is 2.06. The Hall–Kier alpha value is -1.37. The number of hydrogen-bond donors (Lipinski definition) is 1. The molecule has 1 aromatic heterocycles. The van der Waals surface area contributed by atoms with E-state index in [4.69, 9.17) is 0 Å². The minimum atomic E-state index is 0. The molecule has 1 aliphatic rings. The molecule has 0 atom stereocenters. The van der Waals surface area contributed by atoms with Crippen molar-refractivity contribution >= 4 is 17.0 Å². The molecular formula is C9H17BrN6. The van der Waals surface area contributed by atoms with Crippen molar-refractivity contribution in [3.63, 3.8) is 0 Å². The van der Waals surface area contributed by atoms with Gasteiger partial charge in [-0.15, -0.1) is 28.7 Å². The largest absolute Gasteiger partial charge is 0.359 e. The van der Waals surface area contributed by atoms with Gasteiger partial charge in [-0.2, -0.15) is 0 Å². The lowest BCUT2D eigenvalue weighted by atomic mass is 10.6. The molecule has 16 heavy (non-hydrogen) atoms. The van der Waals surface area contributed by atoms with E-state index in [1.807, 2.05) is 6.08 Å². The van der Waals surface area contributed by atoms with Crippen LogP contribution in [0.3, 0.4) is 0 Å². The fraction of sp³-hybridized carbons (Fsp3) is 0.444. The average Bonchev–Trinajstić information content (AvgIpc) is 2.92. The van der Waals surface area contributed by atoms with Crippen LogP contribution in [0.4, 0.5) is 0 Å². The van der Waals surface area contributed by atoms with Gasteiger partial charge in [0, 0.05) is 25.5 Å². The molecule has 2 heterocycles. The zero-order chi connectivity index (χ0) is 10.9. The Kier molecular flexibility index (Phi) is 8.14. The van der Waals surface area contributed by atoms with Crippen LogP contribution in [0.1, 0.15) is 6.92 Å². The Balaban J connectivity index is 0.000000318. The number of hydrogen-bond acceptors (Lipinski definition) is 5. The van der Waals surface area contributed by atoms with Crippen LogP contribution in [0.25, 0.3) is 0 Å². The van der Waals surface area contributed by atoms with Crippen molar-refractivity contribution in [3.05, 3.63) is 31.4 Å². The molecule has 0 bridgehead atoms. The molecule has 7 heteroatoms. The molecule has 0 saturated carbocycles. The molecule has 1 aromatic rings. The summed E-state index contributed by atoms with van der Waals surface area (Å²) in [6.07, 6.45) is 7.54. The second-order valence-electron chi connectivity index (χ2n) is 2.97. The monoisotopic (exact) mass is 288 g/mol. The van der Waals surface area contributed by atoms with Gasteiger partial charge in [0.2, 0.25) is 0 Å². The first-order chi connectivity index (χ1) is 7.36. The lowest BCUT2D eigenvalue weighted by Crippen LogP contribution is -2.24. The third-order valence-corrected chi connectivity index (χ3v) is 1.89. The van der Waals surface area contributed by atoms with Gasteiger partial charge in [-0.25, -0.2) is 5.10 Å². The second-order valence-corrected chi connectivity index (χ2v) is 2.97. The number of halogens is 1. The molecule has 0 radical (unpaired) electrons. The van der Waals surface area contributed by atoms with E-state index in [-0.39, 0.29) is 17.0 Å². The number of aromatic nitrogens is 4. The van der Waals surface area contributed by atoms with Gasteiger partial charge in [0.05, 0.1) is 6.67 Å². The second kappa shape index (κ2) is 8.90. The summed E-state index contributed by atoms with van der Waals surface area (Å²) in [6, 6.07) is 0. The Morgan fingerprint density at radius 2 is 2.19 bits per heavy atom. The first-order valence-corrected chi connectivity index (χ1v) is 4.81. The quantitative estimate of drug-likeness (QED) is 0.842. The molecule has 0 saturated heterocycles. The highest BCUT2D eigenvalue weighted by Crippen LogP contribution is 2.04. The molecule has 90 valence electrons. The summed E-state index contributed by atoms with van der Waals surface area (Å²) in [5.74, 6) is 0. The van der Waals surface area contributed by atoms with Crippen molar-refractivity contribution in [2.24, 2.45) is 0 Å². The van der Waals surface area contributed by atoms with Crippen molar-refractivity contribution in [2.75, 3.05) is 19.8 Å². The van der Waals surface area contributed by atoms with Crippen LogP contribution in [0.2, 0.25) is 0 Å². The van der Waals surface area contributed by atoms with Gasteiger partial charge in [0.25, 0.3) is 0 Å². The Morgan fingerprint density at radius 3 is 2.56 bits per heavy atom. The summed E-state index contributed by atoms with van der Waals surface area (Å²) >= 11 is 0. The first kappa shape index (κ1) is 14.6. The van der Waals surface area contributed by atoms with Gasteiger partial charge >= 0.3 is 0 Å². The molecule has 6 nitrogen and oxygen atoms in total. The lowest BCUT2D eigenvalue weighted by molar-refractivity contribution is 0.291. The predicted molar refractivity (Wildman–Crippen MR) is 67.8 cm³/mol. The Morgan fingerprint density at radius 1 is 1.44 bits per heavy atom. The van der Waals surface area contributed by atoms with Gasteiger partial charge in [0.15, 0.2) is 0 Å². The fourth-order valence-corrected chi connectivity index (χ4v) is 1.14. The summed E-state index contributed by atoms with van der Waals surface area (Å²) in [5.41, 5.74) is 0. The molecule has 0 aliphatic carbocycles. The third kappa shape index (κ3) is 5.50. The normalized spacial score (nSPS) is 12.8. The highest BCUT2D eigenvalue weighted by molar-refractivity contribution is 8.93. The minimum Gasteiger partial charge on any atom is -0.359 e. The highest BCUT2D eigenvalue weighted by atomic mass is 79.9. The Bertz CT molecular complexity index is 269. The molecule has 1 aliphatic heterocycles. The van der Waals surface area contributed by atoms with Gasteiger partial charge in [-0.05, 0) is 17.4 Å². The van der Waals surface area contributed by atoms with Crippen LogP contribution in [0.15, 0.2) is 31.4 Å². The van der Waals surface area contributed by atoms with Gasteiger partial charge < -0.3 is 9.80 Å². The summed E-state index contributed by atoms with van der Waals surface area (Å²) < 4.78 is 0. The van der Waals surface area contributed by atoms with E-state index in [0.717, 1.165) is 19.8 Å². The standard InChI is InChI=1S/C8H14N2.CH2N4.BrH/c1-3-5-10-7-6-9(4-2)8-10;1-2-4-5-3-1;/h3,6-7H,1,4-5,8H2,2H3;1H,(H,2,3,4,5);1H. The molecule has 0 fully saturated rings. The topological polar surface area (TPSA) is 60.9 Å². The SMILES string of the molecule is Br.C=CCN1C=CN(CC)C1.c1nnn[nH]1. The van der Waals surface area contributed by atoms with Crippen molar-refractivity contribution in [1.29, 1.82) is 0 Å². The van der Waals surface area contributed by atoms with Crippen LogP contribution >= 0.6 is 17.0 Å². The summed E-state index contributed by atoms with van der Waals surface area (Å²) in [7, 11) is 0. The van der Waals surface area contributed by atoms with Crippen LogP contribution in [-0.4, -0.2) is 50.2 Å². The van der Waals surface area contributed by atoms with Crippen molar-refractivity contribution in [1.82, 2.24) is 30.4 Å². The molecule has 0 aromatic carbocycles. The molecule has 1 N–H and O–H groups in total. The first-order valence-electron chi connectivity index (χ1n) is 4.81. The van der Waals surface area contributed by atoms with Crippen LogP contribution < -0.4 is 0 Å². The molecule has 0 amide bonds. The van der Waals surface area contributed by atoms with E-state index >= 15 is 0 Å². The number of rotatable bonds is 3. The number of nitrogens with zero attached hydrogens (tertiary/aromatic N) is 5. The molecule has 2 rings (SSSR count). The minimum absolute atomic E-state index is 0. The maximum Gasteiger partial charge on any atom is 0.135 e. The van der Waals surface area contributed by atoms with E-state index in [1.54, 1.807) is 0 Å². The maximum atomic E-state index is 3.68. The molecular weight excluding hydrogens is 272 g/mol. The summed E-state index contributed by atoms with van der Waals surface area (Å²) in [5, 5.41) is 12.1. The van der Waals surface area contributed by atoms with Crippen molar-refractivity contribution in [3.8, 4) is 0 Å². The maximum absolute atomic E-state index is 3.68. The smallest absolute Gasteiger partial charge is 0.135 e. The van der Waals surface area contributed by atoms with E-state index < -0.39 is 0 Å². The molecule has 0 unspecified atom stereocenters. The van der Waals surface area contributed by atoms with Crippen LogP contribution in [0.5, 0.6) is 0 Å². The lowest BCUT2D eigenvalue weighted by Gasteiger charge is -2.17. The van der Waals surface area contributed by atoms with E-state index in [0.29, 0.717) is 0 Å². The van der Waals surface area contributed by atoms with Crippen molar-refractivity contribution in [2.45, 2.75) is 6.92 Å². The zero-order valence-electron chi connectivity index (χ0n) is 9.28. The van der Waals surface area contributed by atoms with Gasteiger partial charge in [0.1, 0.15) is 6.33 Å². The van der Waals surface area contributed by atoms with Gasteiger partial charge in [-0.3, -0.25) is 0 Å². The summed E-state index contributed by atoms with van der Waals surface area (Å²) in [6.45, 7) is 8.89. The fourth-order valence-electron chi connectivity index (χ4n) is 1.14. The predicted octanol–water partition coefficient (Wildman–Crippen LogP) is 1.02. The Labute approximate surface area is 106 Å². The number of aromatic amines is 1. The van der Waals surface area contributed by atoms with E-state index in [9.17, 15) is 0 Å². The molecule has 0 spiro atoms. The van der Waals surface area contributed by atoms with E-state index in [2.05, 4.69) is 56.3 Å². The van der Waals surface area contributed by atoms with E-state index in [1.165, 1.54) is 6.33 Å². The van der Waals surface area contributed by atoms with Crippen molar-refractivity contribution < 1.29 is 0 Å². The third-order valence-electron chi connectivity index (χ3n) is 1.89. The number of tetrazole rings is 1. The van der Waals surface area contributed by atoms with Crippen LogP contribution in [-0.2, 0) is 0 Å². The van der Waals surface area contributed by atoms with Crippen LogP contribution in [0, 0.1) is 0 Å². The average molecular weight is 289 g/mol. The van der Waals surface area contributed by atoms with Gasteiger partial charge in [-0.1, -0.05) is 6.08 Å². The number of H-pyrrole nitrogens is 1.